The number of benzene rings is 1. The fraction of sp³-hybridized carbons (Fsp3) is 0.515. The number of hydrogen-bond donors (Lipinski definition) is 3. The van der Waals surface area contributed by atoms with Crippen LogP contribution in [0, 0.1) is 5.92 Å². The number of nitrogens with one attached hydrogen (secondary N) is 3. The summed E-state index contributed by atoms with van der Waals surface area (Å²) in [5.74, 6) is -3.63. The molecule has 4 bridgehead atoms. The molecular formula is C33H38F3N5O6S. The minimum absolute atomic E-state index is 0.0400. The summed E-state index contributed by atoms with van der Waals surface area (Å²) in [6, 6.07) is 3.51. The molecule has 3 fully saturated rings. The molecule has 258 valence electrons. The Morgan fingerprint density at radius 1 is 1.17 bits per heavy atom. The van der Waals surface area contributed by atoms with Gasteiger partial charge in [-0.15, -0.1) is 6.58 Å². The first kappa shape index (κ1) is 33.9. The Labute approximate surface area is 276 Å². The van der Waals surface area contributed by atoms with Crippen molar-refractivity contribution in [1.29, 1.82) is 0 Å². The summed E-state index contributed by atoms with van der Waals surface area (Å²) < 4.78 is 76.4. The Kier molecular flexibility index (Phi) is 9.28. The number of pyridine rings is 1. The molecule has 2 aromatic rings. The third kappa shape index (κ3) is 7.07. The maximum Gasteiger partial charge on any atom is 0.412 e. The number of ether oxygens (including phenoxy) is 1. The predicted molar refractivity (Wildman–Crippen MR) is 171 cm³/mol. The quantitative estimate of drug-likeness (QED) is 0.392. The van der Waals surface area contributed by atoms with Crippen LogP contribution < -0.4 is 20.1 Å². The second kappa shape index (κ2) is 13.1. The average Bonchev–Trinajstić information content (AvgIpc) is 3.96. The lowest BCUT2D eigenvalue weighted by molar-refractivity contribution is -0.177. The van der Waals surface area contributed by atoms with Gasteiger partial charge >= 0.3 is 6.18 Å². The number of sulfonamides is 1. The summed E-state index contributed by atoms with van der Waals surface area (Å²) in [5, 5.41) is 5.71. The Bertz CT molecular complexity index is 1750. The number of allylic oxidation sites excluding steroid dienone is 1. The lowest BCUT2D eigenvalue weighted by Gasteiger charge is -2.30. The molecule has 1 unspecified atom stereocenters. The molecule has 6 rings (SSSR count). The molecule has 0 radical (unpaired) electrons. The molecule has 48 heavy (non-hydrogen) atoms. The fourth-order valence-electron chi connectivity index (χ4n) is 6.45. The van der Waals surface area contributed by atoms with Crippen LogP contribution in [0.5, 0.6) is 5.88 Å². The zero-order valence-corrected chi connectivity index (χ0v) is 27.0. The van der Waals surface area contributed by atoms with Gasteiger partial charge in [0.05, 0.1) is 11.8 Å². The van der Waals surface area contributed by atoms with Crippen molar-refractivity contribution in [3.63, 3.8) is 0 Å². The minimum Gasteiger partial charge on any atom is -0.472 e. The van der Waals surface area contributed by atoms with Crippen LogP contribution >= 0.6 is 0 Å². The maximum absolute atomic E-state index is 14.3. The Morgan fingerprint density at radius 2 is 1.96 bits per heavy atom. The zero-order chi connectivity index (χ0) is 34.3. The molecule has 3 heterocycles. The Balaban J connectivity index is 1.31. The molecule has 4 aliphatic rings. The smallest absolute Gasteiger partial charge is 0.412 e. The molecule has 5 atom stereocenters. The third-order valence-corrected chi connectivity index (χ3v) is 11.2. The van der Waals surface area contributed by atoms with Crippen molar-refractivity contribution in [2.45, 2.75) is 86.5 Å². The Hall–Kier alpha value is -3.98. The number of rotatable bonds is 6. The van der Waals surface area contributed by atoms with Crippen molar-refractivity contribution >= 4 is 44.6 Å². The molecule has 1 aromatic carbocycles. The van der Waals surface area contributed by atoms with Crippen molar-refractivity contribution in [1.82, 2.24) is 25.2 Å². The summed E-state index contributed by atoms with van der Waals surface area (Å²) >= 11 is 0. The summed E-state index contributed by atoms with van der Waals surface area (Å²) in [6.45, 7) is 3.24. The molecule has 0 spiro atoms. The number of carbonyl (C=O) groups is 3. The van der Waals surface area contributed by atoms with Gasteiger partial charge in [-0.25, -0.2) is 13.4 Å². The first-order valence-electron chi connectivity index (χ1n) is 16.2. The summed E-state index contributed by atoms with van der Waals surface area (Å²) in [4.78, 5) is 46.1. The van der Waals surface area contributed by atoms with E-state index in [1.54, 1.807) is 6.07 Å². The fourth-order valence-corrected chi connectivity index (χ4v) is 7.81. The maximum atomic E-state index is 14.3. The first-order chi connectivity index (χ1) is 22.8. The van der Waals surface area contributed by atoms with Gasteiger partial charge in [0.2, 0.25) is 27.7 Å². The van der Waals surface area contributed by atoms with E-state index in [9.17, 15) is 36.0 Å². The molecule has 1 aromatic heterocycles. The third-order valence-electron chi connectivity index (χ3n) is 9.41. The molecule has 2 saturated carbocycles. The normalized spacial score (nSPS) is 28.3. The highest BCUT2D eigenvalue weighted by atomic mass is 32.2. The van der Waals surface area contributed by atoms with Gasteiger partial charge in [-0.3, -0.25) is 24.4 Å². The van der Waals surface area contributed by atoms with Gasteiger partial charge in [0, 0.05) is 23.9 Å². The minimum atomic E-state index is -4.96. The number of amides is 3. The number of halogens is 3. The number of hydrogen-bond acceptors (Lipinski definition) is 8. The van der Waals surface area contributed by atoms with Crippen LogP contribution in [0.3, 0.4) is 0 Å². The topological polar surface area (TPSA) is 147 Å². The van der Waals surface area contributed by atoms with Crippen molar-refractivity contribution < 1.29 is 40.7 Å². The van der Waals surface area contributed by atoms with Crippen molar-refractivity contribution in [3.8, 4) is 5.88 Å². The predicted octanol–water partition coefficient (Wildman–Crippen LogP) is 3.36. The highest BCUT2D eigenvalue weighted by Crippen LogP contribution is 2.45. The zero-order valence-electron chi connectivity index (χ0n) is 26.2. The van der Waals surface area contributed by atoms with Gasteiger partial charge in [0.1, 0.15) is 17.7 Å². The number of fused-ring (bicyclic) bond motifs is 3. The van der Waals surface area contributed by atoms with Gasteiger partial charge in [0.15, 0.2) is 6.04 Å². The summed E-state index contributed by atoms with van der Waals surface area (Å²) in [5.41, 5.74) is -0.770. The first-order valence-corrected chi connectivity index (χ1v) is 17.7. The van der Waals surface area contributed by atoms with E-state index in [1.165, 1.54) is 12.3 Å². The highest BCUT2D eigenvalue weighted by Gasteiger charge is 2.62. The van der Waals surface area contributed by atoms with E-state index in [0.717, 1.165) is 28.7 Å². The van der Waals surface area contributed by atoms with E-state index in [1.807, 2.05) is 30.4 Å². The number of carbonyl (C=O) groups excluding carboxylic acids is 3. The van der Waals surface area contributed by atoms with Crippen molar-refractivity contribution in [3.05, 3.63) is 54.8 Å². The summed E-state index contributed by atoms with van der Waals surface area (Å²) in [7, 11) is -3.96. The van der Waals surface area contributed by atoms with Crippen LogP contribution in [0.1, 0.15) is 56.9 Å². The molecule has 2 aliphatic heterocycles. The second-order valence-corrected chi connectivity index (χ2v) is 14.9. The van der Waals surface area contributed by atoms with Crippen LogP contribution in [-0.2, 0) is 24.4 Å². The molecule has 3 amide bonds. The molecule has 11 nitrogen and oxygen atoms in total. The molecule has 15 heteroatoms. The van der Waals surface area contributed by atoms with Crippen molar-refractivity contribution in [2.75, 3.05) is 13.1 Å². The monoisotopic (exact) mass is 689 g/mol. The van der Waals surface area contributed by atoms with Crippen LogP contribution in [0.2, 0.25) is 0 Å². The van der Waals surface area contributed by atoms with Gasteiger partial charge < -0.3 is 15.0 Å². The van der Waals surface area contributed by atoms with Crippen LogP contribution in [0.15, 0.2) is 49.2 Å². The van der Waals surface area contributed by atoms with E-state index in [4.69, 9.17) is 4.74 Å². The van der Waals surface area contributed by atoms with Gasteiger partial charge in [-0.2, -0.15) is 13.2 Å². The number of nitrogens with zero attached hydrogens (tertiary/aromatic N) is 2. The van der Waals surface area contributed by atoms with E-state index >= 15 is 0 Å². The van der Waals surface area contributed by atoms with Crippen molar-refractivity contribution in [2.24, 2.45) is 5.92 Å². The van der Waals surface area contributed by atoms with E-state index in [2.05, 4.69) is 26.9 Å². The standard InChI is InChI=1S/C33H38F3N5O6S/c1-2-22-18-32(22,31(44)40-48(45,46)24-11-12-24)39-28(42)26-17-23-19-41(26)30(43)27(33(34,35)36)37-14-7-5-3-4-6-8-20-9-10-21-13-15-38-29(47-23)25(21)16-20/h2,6,8-10,13,15-16,22-24,26-27,37H,1,3-5,7,11-12,14,17-19H2,(H,39,42)(H,40,44)/t22-,23-,26+,27?,32-/m1/s1. The van der Waals surface area contributed by atoms with Crippen LogP contribution in [-0.4, -0.2) is 84.3 Å². The molecule has 1 saturated heterocycles. The molecule has 3 N–H and O–H groups in total. The van der Waals surface area contributed by atoms with E-state index in [0.29, 0.717) is 31.1 Å². The van der Waals surface area contributed by atoms with E-state index in [-0.39, 0.29) is 31.8 Å². The number of alkyl halides is 3. The highest BCUT2D eigenvalue weighted by molar-refractivity contribution is 7.91. The largest absolute Gasteiger partial charge is 0.472 e. The Morgan fingerprint density at radius 3 is 2.67 bits per heavy atom. The molecule has 2 aliphatic carbocycles. The van der Waals surface area contributed by atoms with Gasteiger partial charge in [0.25, 0.3) is 5.91 Å². The lowest BCUT2D eigenvalue weighted by atomic mass is 10.1. The molecular weight excluding hydrogens is 651 g/mol. The van der Waals surface area contributed by atoms with Gasteiger partial charge in [-0.05, 0) is 68.2 Å². The lowest BCUT2D eigenvalue weighted by Crippen LogP contribution is -2.60. The summed E-state index contributed by atoms with van der Waals surface area (Å²) in [6.07, 6.45) is 4.17. The second-order valence-electron chi connectivity index (χ2n) is 12.9. The van der Waals surface area contributed by atoms with Gasteiger partial charge in [-0.1, -0.05) is 36.8 Å². The number of aromatic nitrogens is 1. The van der Waals surface area contributed by atoms with Crippen LogP contribution in [0.4, 0.5) is 13.2 Å². The van der Waals surface area contributed by atoms with Crippen LogP contribution in [0.25, 0.3) is 16.8 Å². The SMILES string of the molecule is C=C[C@@H]1C[C@]1(NC(=O)[C@@H]1C[C@@H]2CN1C(=O)C(C(F)(F)F)NCCCCCC=Cc1ccc3ccnc(c3c1)O2)C(=O)NS(=O)(=O)C1CC1. The average molecular weight is 690 g/mol. The van der Waals surface area contributed by atoms with E-state index < -0.39 is 68.8 Å².